The molecule has 0 amide bonds. The van der Waals surface area contributed by atoms with Gasteiger partial charge in [0.15, 0.2) is 0 Å². The summed E-state index contributed by atoms with van der Waals surface area (Å²) in [6.07, 6.45) is 0. The highest BCUT2D eigenvalue weighted by Gasteiger charge is 2.20. The fourth-order valence-electron chi connectivity index (χ4n) is 1.33. The van der Waals surface area contributed by atoms with Crippen LogP contribution in [0.2, 0.25) is 0 Å². The van der Waals surface area contributed by atoms with Gasteiger partial charge in [-0.3, -0.25) is 4.42 Å². The molecule has 0 saturated heterocycles. The van der Waals surface area contributed by atoms with Crippen LogP contribution < -0.4 is 4.42 Å². The molecule has 0 aromatic heterocycles. The van der Waals surface area contributed by atoms with Gasteiger partial charge in [-0.05, 0) is 52.0 Å². The van der Waals surface area contributed by atoms with Gasteiger partial charge >= 0.3 is 5.97 Å². The van der Waals surface area contributed by atoms with Gasteiger partial charge in [0.2, 0.25) is 0 Å². The van der Waals surface area contributed by atoms with Crippen LogP contribution in [0, 0.1) is 0 Å². The molecule has 0 heterocycles. The molecule has 0 aliphatic heterocycles. The molecule has 1 aromatic carbocycles. The van der Waals surface area contributed by atoms with Crippen molar-refractivity contribution < 1.29 is 9.53 Å². The van der Waals surface area contributed by atoms with Crippen LogP contribution in [0.15, 0.2) is 24.3 Å². The summed E-state index contributed by atoms with van der Waals surface area (Å²) >= 11 is 6.19. The van der Waals surface area contributed by atoms with Gasteiger partial charge in [0, 0.05) is 17.3 Å². The first kappa shape index (κ1) is 13.8. The van der Waals surface area contributed by atoms with E-state index < -0.39 is 0 Å². The van der Waals surface area contributed by atoms with Gasteiger partial charge in [0.25, 0.3) is 0 Å². The van der Waals surface area contributed by atoms with Crippen LogP contribution in [-0.4, -0.2) is 18.1 Å². The number of benzene rings is 1. The first-order valence-corrected chi connectivity index (χ1v) is 5.93. The quantitative estimate of drug-likeness (QED) is 0.610. The van der Waals surface area contributed by atoms with E-state index in [-0.39, 0.29) is 11.5 Å². The van der Waals surface area contributed by atoms with Gasteiger partial charge in [-0.15, -0.1) is 0 Å². The largest absolute Gasteiger partial charge is 0.462 e. The van der Waals surface area contributed by atoms with Crippen molar-refractivity contribution in [3.63, 3.8) is 0 Å². The predicted molar refractivity (Wildman–Crippen MR) is 70.5 cm³/mol. The molecule has 0 N–H and O–H groups in total. The maximum atomic E-state index is 11.5. The Morgan fingerprint density at radius 3 is 2.24 bits per heavy atom. The van der Waals surface area contributed by atoms with Crippen molar-refractivity contribution in [2.24, 2.45) is 0 Å². The van der Waals surface area contributed by atoms with Gasteiger partial charge in [-0.25, -0.2) is 4.79 Å². The zero-order valence-electron chi connectivity index (χ0n) is 10.7. The van der Waals surface area contributed by atoms with Crippen molar-refractivity contribution in [3.8, 4) is 0 Å². The first-order valence-electron chi connectivity index (χ1n) is 5.59. The van der Waals surface area contributed by atoms with Crippen LogP contribution in [0.3, 0.4) is 0 Å². The number of halogens is 1. The summed E-state index contributed by atoms with van der Waals surface area (Å²) < 4.78 is 6.55. The van der Waals surface area contributed by atoms with Crippen molar-refractivity contribution in [2.75, 3.05) is 11.0 Å². The van der Waals surface area contributed by atoms with Crippen LogP contribution >= 0.6 is 11.8 Å². The summed E-state index contributed by atoms with van der Waals surface area (Å²) in [5.41, 5.74) is 1.22. The summed E-state index contributed by atoms with van der Waals surface area (Å²) in [5, 5.41) is 0. The molecule has 0 spiro atoms. The number of carbonyl (C=O) groups is 1. The van der Waals surface area contributed by atoms with Gasteiger partial charge in [-0.2, -0.15) is 0 Å². The lowest BCUT2D eigenvalue weighted by molar-refractivity contribution is 0.0526. The molecule has 17 heavy (non-hydrogen) atoms. The summed E-state index contributed by atoms with van der Waals surface area (Å²) in [7, 11) is 0. The summed E-state index contributed by atoms with van der Waals surface area (Å²) in [5.74, 6) is -0.309. The van der Waals surface area contributed by atoms with Gasteiger partial charge in [0.1, 0.15) is 0 Å². The fraction of sp³-hybridized carbons (Fsp3) is 0.462. The average Bonchev–Trinajstić information content (AvgIpc) is 2.27. The molecular weight excluding hydrogens is 238 g/mol. The molecule has 0 aliphatic carbocycles. The lowest BCUT2D eigenvalue weighted by Gasteiger charge is -2.30. The molecular formula is C13H18ClNO2. The Morgan fingerprint density at radius 2 is 1.82 bits per heavy atom. The molecule has 0 bridgehead atoms. The lowest BCUT2D eigenvalue weighted by Crippen LogP contribution is -2.33. The lowest BCUT2D eigenvalue weighted by atomic mass is 10.1. The number of nitrogens with zero attached hydrogens (tertiary/aromatic N) is 1. The Balaban J connectivity index is 2.85. The first-order chi connectivity index (χ1) is 7.86. The molecule has 94 valence electrons. The Kier molecular flexibility index (Phi) is 4.40. The summed E-state index contributed by atoms with van der Waals surface area (Å²) in [6.45, 7) is 8.20. The van der Waals surface area contributed by atoms with Crippen molar-refractivity contribution >= 4 is 23.4 Å². The fourth-order valence-corrected chi connectivity index (χ4v) is 1.44. The Bertz CT molecular complexity index is 381. The maximum absolute atomic E-state index is 11.5. The predicted octanol–water partition coefficient (Wildman–Crippen LogP) is 3.62. The normalized spacial score (nSPS) is 11.1. The van der Waals surface area contributed by atoms with Crippen molar-refractivity contribution in [1.82, 2.24) is 0 Å². The number of anilines is 1. The Morgan fingerprint density at radius 1 is 1.29 bits per heavy atom. The number of esters is 1. The van der Waals surface area contributed by atoms with Gasteiger partial charge in [-0.1, -0.05) is 0 Å². The highest BCUT2D eigenvalue weighted by molar-refractivity contribution is 6.26. The topological polar surface area (TPSA) is 29.5 Å². The molecule has 3 nitrogen and oxygen atoms in total. The van der Waals surface area contributed by atoms with Crippen LogP contribution in [0.25, 0.3) is 0 Å². The smallest absolute Gasteiger partial charge is 0.338 e. The van der Waals surface area contributed by atoms with E-state index in [0.717, 1.165) is 5.69 Å². The van der Waals surface area contributed by atoms with Crippen LogP contribution in [0.5, 0.6) is 0 Å². The summed E-state index contributed by atoms with van der Waals surface area (Å²) in [4.78, 5) is 11.5. The molecule has 0 fully saturated rings. The monoisotopic (exact) mass is 255 g/mol. The maximum Gasteiger partial charge on any atom is 0.338 e. The minimum absolute atomic E-state index is 0.174. The molecule has 0 aliphatic rings. The van der Waals surface area contributed by atoms with E-state index in [0.29, 0.717) is 12.2 Å². The summed E-state index contributed by atoms with van der Waals surface area (Å²) in [6, 6.07) is 7.05. The zero-order valence-corrected chi connectivity index (χ0v) is 11.4. The number of hydrogen-bond acceptors (Lipinski definition) is 3. The van der Waals surface area contributed by atoms with Crippen molar-refractivity contribution in [3.05, 3.63) is 29.8 Å². The zero-order chi connectivity index (χ0) is 13.1. The second kappa shape index (κ2) is 5.41. The molecule has 0 saturated carbocycles. The van der Waals surface area contributed by atoms with E-state index in [1.54, 1.807) is 23.5 Å². The van der Waals surface area contributed by atoms with E-state index in [1.807, 2.05) is 32.9 Å². The molecule has 0 atom stereocenters. The SMILES string of the molecule is CCOC(=O)c1ccc(N(Cl)C(C)(C)C)cc1. The Hall–Kier alpha value is -1.22. The van der Waals surface area contributed by atoms with Gasteiger partial charge < -0.3 is 4.74 Å². The van der Waals surface area contributed by atoms with Gasteiger partial charge in [0.05, 0.1) is 17.9 Å². The highest BCUT2D eigenvalue weighted by Crippen LogP contribution is 2.26. The number of rotatable bonds is 3. The van der Waals surface area contributed by atoms with E-state index in [4.69, 9.17) is 16.5 Å². The third kappa shape index (κ3) is 3.63. The molecule has 4 heteroatoms. The average molecular weight is 256 g/mol. The van der Waals surface area contributed by atoms with Crippen LogP contribution in [0.4, 0.5) is 5.69 Å². The third-order valence-corrected chi connectivity index (χ3v) is 2.90. The second-order valence-corrected chi connectivity index (χ2v) is 5.06. The molecule has 0 radical (unpaired) electrons. The molecule has 0 unspecified atom stereocenters. The standard InChI is InChI=1S/C13H18ClNO2/c1-5-17-12(16)10-6-8-11(9-7-10)15(14)13(2,3)4/h6-9H,5H2,1-4H3. The van der Waals surface area contributed by atoms with E-state index in [9.17, 15) is 4.79 Å². The number of carbonyl (C=O) groups excluding carboxylic acids is 1. The molecule has 1 aromatic rings. The minimum Gasteiger partial charge on any atom is -0.462 e. The van der Waals surface area contributed by atoms with Crippen molar-refractivity contribution in [1.29, 1.82) is 0 Å². The van der Waals surface area contributed by atoms with E-state index in [2.05, 4.69) is 0 Å². The number of ether oxygens (including phenoxy) is 1. The number of hydrogen-bond donors (Lipinski definition) is 0. The van der Waals surface area contributed by atoms with Crippen LogP contribution in [0.1, 0.15) is 38.1 Å². The van der Waals surface area contributed by atoms with Crippen LogP contribution in [-0.2, 0) is 4.74 Å². The highest BCUT2D eigenvalue weighted by atomic mass is 35.5. The minimum atomic E-state index is -0.309. The molecule has 1 rings (SSSR count). The van der Waals surface area contributed by atoms with E-state index >= 15 is 0 Å². The van der Waals surface area contributed by atoms with E-state index in [1.165, 1.54) is 0 Å². The Labute approximate surface area is 107 Å². The third-order valence-electron chi connectivity index (χ3n) is 2.19. The second-order valence-electron chi connectivity index (χ2n) is 4.72. The van der Waals surface area contributed by atoms with Crippen molar-refractivity contribution in [2.45, 2.75) is 33.2 Å².